The molecule has 106 valence electrons. The Morgan fingerprint density at radius 3 is 2.45 bits per heavy atom. The van der Waals surface area contributed by atoms with Crippen molar-refractivity contribution in [3.05, 3.63) is 34.3 Å². The number of halogens is 2. The number of nitrogens with zero attached hydrogens (tertiary/aromatic N) is 2. The summed E-state index contributed by atoms with van der Waals surface area (Å²) in [7, 11) is 3.02. The molecule has 0 radical (unpaired) electrons. The van der Waals surface area contributed by atoms with Crippen molar-refractivity contribution < 1.29 is 9.47 Å². The SMILES string of the molecule is C=CCCc1c(Cl)c(Cl)cc2nc(OC)c(OC)nc12. The summed E-state index contributed by atoms with van der Waals surface area (Å²) in [4.78, 5) is 8.79. The van der Waals surface area contributed by atoms with E-state index in [-0.39, 0.29) is 0 Å². The van der Waals surface area contributed by atoms with Crippen LogP contribution in [0.2, 0.25) is 10.0 Å². The summed E-state index contributed by atoms with van der Waals surface area (Å²) in [6.45, 7) is 3.71. The summed E-state index contributed by atoms with van der Waals surface area (Å²) in [5, 5.41) is 0.933. The second kappa shape index (κ2) is 6.29. The molecular formula is C14H14Cl2N2O2. The first kappa shape index (κ1) is 14.9. The van der Waals surface area contributed by atoms with Gasteiger partial charge in [-0.15, -0.1) is 6.58 Å². The van der Waals surface area contributed by atoms with Crippen molar-refractivity contribution in [3.63, 3.8) is 0 Å². The Labute approximate surface area is 127 Å². The van der Waals surface area contributed by atoms with E-state index in [1.165, 1.54) is 14.2 Å². The quantitative estimate of drug-likeness (QED) is 0.781. The maximum Gasteiger partial charge on any atom is 0.278 e. The first-order chi connectivity index (χ1) is 9.62. The predicted molar refractivity (Wildman–Crippen MR) is 81.2 cm³/mol. The highest BCUT2D eigenvalue weighted by Crippen LogP contribution is 2.35. The lowest BCUT2D eigenvalue weighted by Crippen LogP contribution is -2.00. The average molecular weight is 313 g/mol. The molecule has 1 aromatic heterocycles. The fraction of sp³-hybridized carbons (Fsp3) is 0.286. The van der Waals surface area contributed by atoms with Crippen molar-refractivity contribution >= 4 is 34.2 Å². The molecule has 20 heavy (non-hydrogen) atoms. The summed E-state index contributed by atoms with van der Waals surface area (Å²) in [6.07, 6.45) is 3.27. The number of benzene rings is 1. The summed E-state index contributed by atoms with van der Waals surface area (Å²) in [6, 6.07) is 1.67. The van der Waals surface area contributed by atoms with Gasteiger partial charge in [0, 0.05) is 5.56 Å². The van der Waals surface area contributed by atoms with Crippen LogP contribution in [0.5, 0.6) is 11.8 Å². The lowest BCUT2D eigenvalue weighted by atomic mass is 10.1. The van der Waals surface area contributed by atoms with Crippen LogP contribution in [-0.2, 0) is 6.42 Å². The number of allylic oxidation sites excluding steroid dienone is 1. The van der Waals surface area contributed by atoms with Gasteiger partial charge in [0.1, 0.15) is 0 Å². The highest BCUT2D eigenvalue weighted by molar-refractivity contribution is 6.43. The van der Waals surface area contributed by atoms with E-state index >= 15 is 0 Å². The minimum Gasteiger partial charge on any atom is -0.477 e. The topological polar surface area (TPSA) is 44.2 Å². The largest absolute Gasteiger partial charge is 0.477 e. The van der Waals surface area contributed by atoms with Crippen LogP contribution in [-0.4, -0.2) is 24.2 Å². The van der Waals surface area contributed by atoms with Gasteiger partial charge >= 0.3 is 0 Å². The van der Waals surface area contributed by atoms with E-state index in [0.717, 1.165) is 12.0 Å². The first-order valence-electron chi connectivity index (χ1n) is 5.99. The average Bonchev–Trinajstić information content (AvgIpc) is 2.46. The molecule has 1 aromatic carbocycles. The maximum absolute atomic E-state index is 6.27. The van der Waals surface area contributed by atoms with Gasteiger partial charge in [-0.05, 0) is 18.9 Å². The molecule has 0 aliphatic heterocycles. The van der Waals surface area contributed by atoms with Crippen LogP contribution in [0.25, 0.3) is 11.0 Å². The molecule has 2 aromatic rings. The van der Waals surface area contributed by atoms with Gasteiger partial charge in [-0.25, -0.2) is 9.97 Å². The Hall–Kier alpha value is -1.52. The van der Waals surface area contributed by atoms with Gasteiger partial charge in [-0.3, -0.25) is 0 Å². The van der Waals surface area contributed by atoms with Gasteiger partial charge in [0.05, 0.1) is 35.3 Å². The van der Waals surface area contributed by atoms with Crippen molar-refractivity contribution in [2.24, 2.45) is 0 Å². The molecule has 0 amide bonds. The Balaban J connectivity index is 2.73. The zero-order valence-electron chi connectivity index (χ0n) is 11.2. The Morgan fingerprint density at radius 2 is 1.85 bits per heavy atom. The molecule has 0 aliphatic rings. The van der Waals surface area contributed by atoms with Gasteiger partial charge in [-0.2, -0.15) is 0 Å². The van der Waals surface area contributed by atoms with Crippen LogP contribution in [0, 0.1) is 0 Å². The zero-order valence-corrected chi connectivity index (χ0v) is 12.8. The highest BCUT2D eigenvalue weighted by Gasteiger charge is 2.16. The van der Waals surface area contributed by atoms with Gasteiger partial charge in [0.25, 0.3) is 11.8 Å². The third-order valence-corrected chi connectivity index (χ3v) is 3.70. The zero-order chi connectivity index (χ0) is 14.7. The second-order valence-electron chi connectivity index (χ2n) is 4.09. The minimum absolute atomic E-state index is 0.313. The van der Waals surface area contributed by atoms with Crippen molar-refractivity contribution in [3.8, 4) is 11.8 Å². The van der Waals surface area contributed by atoms with Crippen LogP contribution >= 0.6 is 23.2 Å². The fourth-order valence-electron chi connectivity index (χ4n) is 1.91. The van der Waals surface area contributed by atoms with E-state index in [4.69, 9.17) is 32.7 Å². The molecule has 0 unspecified atom stereocenters. The van der Waals surface area contributed by atoms with Crippen molar-refractivity contribution in [1.82, 2.24) is 9.97 Å². The molecule has 0 aliphatic carbocycles. The van der Waals surface area contributed by atoms with Crippen LogP contribution in [0.15, 0.2) is 18.7 Å². The van der Waals surface area contributed by atoms with E-state index in [1.54, 1.807) is 6.07 Å². The summed E-state index contributed by atoms with van der Waals surface area (Å²) in [5.41, 5.74) is 2.12. The predicted octanol–water partition coefficient (Wildman–Crippen LogP) is 4.07. The molecule has 0 saturated carbocycles. The number of rotatable bonds is 5. The number of hydrogen-bond donors (Lipinski definition) is 0. The van der Waals surface area contributed by atoms with Crippen LogP contribution in [0.1, 0.15) is 12.0 Å². The van der Waals surface area contributed by atoms with Crippen LogP contribution < -0.4 is 9.47 Å². The second-order valence-corrected chi connectivity index (χ2v) is 4.87. The van der Waals surface area contributed by atoms with Crippen LogP contribution in [0.3, 0.4) is 0 Å². The number of aromatic nitrogens is 2. The van der Waals surface area contributed by atoms with Crippen molar-refractivity contribution in [1.29, 1.82) is 0 Å². The molecule has 6 heteroatoms. The van der Waals surface area contributed by atoms with Crippen LogP contribution in [0.4, 0.5) is 0 Å². The number of aryl methyl sites for hydroxylation is 1. The molecule has 1 heterocycles. The number of ether oxygens (including phenoxy) is 2. The smallest absolute Gasteiger partial charge is 0.278 e. The molecule has 0 fully saturated rings. The molecule has 0 spiro atoms. The fourth-order valence-corrected chi connectivity index (χ4v) is 2.37. The van der Waals surface area contributed by atoms with Gasteiger partial charge in [0.15, 0.2) is 0 Å². The Morgan fingerprint density at radius 1 is 1.20 bits per heavy atom. The van der Waals surface area contributed by atoms with E-state index in [1.807, 2.05) is 6.08 Å². The summed E-state index contributed by atoms with van der Waals surface area (Å²) in [5.74, 6) is 0.631. The lowest BCUT2D eigenvalue weighted by Gasteiger charge is -2.12. The highest BCUT2D eigenvalue weighted by atomic mass is 35.5. The monoisotopic (exact) mass is 312 g/mol. The van der Waals surface area contributed by atoms with Gasteiger partial charge in [-0.1, -0.05) is 29.3 Å². The first-order valence-corrected chi connectivity index (χ1v) is 6.75. The van der Waals surface area contributed by atoms with Crippen molar-refractivity contribution in [2.75, 3.05) is 14.2 Å². The Bertz CT molecular complexity index is 659. The lowest BCUT2D eigenvalue weighted by molar-refractivity contribution is 0.334. The molecular weight excluding hydrogens is 299 g/mol. The number of hydrogen-bond acceptors (Lipinski definition) is 4. The minimum atomic E-state index is 0.313. The number of fused-ring (bicyclic) bond motifs is 1. The molecule has 0 atom stereocenters. The molecule has 2 rings (SSSR count). The van der Waals surface area contributed by atoms with Gasteiger partial charge in [0.2, 0.25) is 0 Å². The standard InChI is InChI=1S/C14H14Cl2N2O2/c1-4-5-6-8-11(16)9(15)7-10-12(8)18-14(20-3)13(17-10)19-2/h4,7H,1,5-6H2,2-3H3. The third kappa shape index (κ3) is 2.67. The van der Waals surface area contributed by atoms with Gasteiger partial charge < -0.3 is 9.47 Å². The van der Waals surface area contributed by atoms with E-state index in [2.05, 4.69) is 16.5 Å². The molecule has 0 N–H and O–H groups in total. The molecule has 0 saturated heterocycles. The van der Waals surface area contributed by atoms with E-state index < -0.39 is 0 Å². The van der Waals surface area contributed by atoms with E-state index in [0.29, 0.717) is 39.3 Å². The summed E-state index contributed by atoms with van der Waals surface area (Å²) >= 11 is 12.4. The third-order valence-electron chi connectivity index (χ3n) is 2.87. The maximum atomic E-state index is 6.27. The normalized spacial score (nSPS) is 10.6. The van der Waals surface area contributed by atoms with E-state index in [9.17, 15) is 0 Å². The number of methoxy groups -OCH3 is 2. The molecule has 4 nitrogen and oxygen atoms in total. The molecule has 0 bridgehead atoms. The summed E-state index contributed by atoms with van der Waals surface area (Å²) < 4.78 is 10.3. The van der Waals surface area contributed by atoms with Crippen molar-refractivity contribution in [2.45, 2.75) is 12.8 Å². The Kier molecular flexibility index (Phi) is 4.68.